The molecule has 1 aromatic rings. The van der Waals surface area contributed by atoms with Crippen LogP contribution in [0.1, 0.15) is 39.5 Å². The van der Waals surface area contributed by atoms with Gasteiger partial charge in [0.05, 0.1) is 12.0 Å². The van der Waals surface area contributed by atoms with Gasteiger partial charge in [-0.1, -0.05) is 6.07 Å². The molecule has 5 nitrogen and oxygen atoms in total. The first kappa shape index (κ1) is 13.2. The highest BCUT2D eigenvalue weighted by molar-refractivity contribution is 5.89. The fourth-order valence-corrected chi connectivity index (χ4v) is 1.80. The van der Waals surface area contributed by atoms with Gasteiger partial charge in [-0.3, -0.25) is 4.79 Å². The van der Waals surface area contributed by atoms with Crippen molar-refractivity contribution in [1.29, 1.82) is 0 Å². The van der Waals surface area contributed by atoms with Crippen molar-refractivity contribution in [3.8, 4) is 0 Å². The molecule has 1 rings (SSSR count). The number of carboxylic acid groups (broad SMARTS) is 2. The van der Waals surface area contributed by atoms with Crippen LogP contribution in [0.5, 0.6) is 0 Å². The van der Waals surface area contributed by atoms with Crippen LogP contribution in [0.4, 0.5) is 0 Å². The Labute approximate surface area is 98.9 Å². The number of aromatic carboxylic acids is 1. The van der Waals surface area contributed by atoms with Gasteiger partial charge in [-0.05, 0) is 36.6 Å². The molecule has 0 spiro atoms. The van der Waals surface area contributed by atoms with Crippen molar-refractivity contribution >= 4 is 11.9 Å². The van der Waals surface area contributed by atoms with Crippen molar-refractivity contribution in [2.24, 2.45) is 5.73 Å². The van der Waals surface area contributed by atoms with E-state index in [0.717, 1.165) is 5.56 Å². The highest BCUT2D eigenvalue weighted by Gasteiger charge is 2.17. The monoisotopic (exact) mass is 237 g/mol. The molecule has 0 aliphatic heterocycles. The molecule has 1 atom stereocenters. The lowest BCUT2D eigenvalue weighted by Crippen LogP contribution is -2.17. The van der Waals surface area contributed by atoms with Gasteiger partial charge >= 0.3 is 11.9 Å². The fourth-order valence-electron chi connectivity index (χ4n) is 1.80. The predicted octanol–water partition coefficient (Wildman–Crippen LogP) is 1.48. The molecule has 0 bridgehead atoms. The lowest BCUT2D eigenvalue weighted by atomic mass is 9.94. The average molecular weight is 237 g/mol. The number of benzene rings is 1. The zero-order valence-electron chi connectivity index (χ0n) is 9.73. The number of aryl methyl sites for hydroxylation is 2. The van der Waals surface area contributed by atoms with E-state index in [1.54, 1.807) is 19.9 Å². The average Bonchev–Trinajstić information content (AvgIpc) is 2.15. The van der Waals surface area contributed by atoms with Crippen LogP contribution in [-0.4, -0.2) is 22.2 Å². The van der Waals surface area contributed by atoms with Crippen molar-refractivity contribution in [3.63, 3.8) is 0 Å². The Kier molecular flexibility index (Phi) is 3.85. The molecule has 1 unspecified atom stereocenters. The summed E-state index contributed by atoms with van der Waals surface area (Å²) in [6, 6.07) is 2.48. The minimum Gasteiger partial charge on any atom is -0.481 e. The van der Waals surface area contributed by atoms with E-state index < -0.39 is 18.0 Å². The summed E-state index contributed by atoms with van der Waals surface area (Å²) in [5.41, 5.74) is 7.91. The van der Waals surface area contributed by atoms with E-state index in [2.05, 4.69) is 0 Å². The maximum absolute atomic E-state index is 11.0. The highest BCUT2D eigenvalue weighted by atomic mass is 16.4. The Morgan fingerprint density at radius 3 is 2.29 bits per heavy atom. The normalized spacial score (nSPS) is 12.2. The van der Waals surface area contributed by atoms with E-state index in [-0.39, 0.29) is 12.0 Å². The van der Waals surface area contributed by atoms with Gasteiger partial charge in [0.15, 0.2) is 0 Å². The van der Waals surface area contributed by atoms with Crippen LogP contribution in [0.15, 0.2) is 12.1 Å². The van der Waals surface area contributed by atoms with Gasteiger partial charge in [0.25, 0.3) is 0 Å². The molecule has 4 N–H and O–H groups in total. The topological polar surface area (TPSA) is 101 Å². The predicted molar refractivity (Wildman–Crippen MR) is 62.1 cm³/mol. The summed E-state index contributed by atoms with van der Waals surface area (Å²) in [6.45, 7) is 3.48. The van der Waals surface area contributed by atoms with Crippen LogP contribution < -0.4 is 5.73 Å². The Bertz CT molecular complexity index is 468. The van der Waals surface area contributed by atoms with Crippen LogP contribution in [0.3, 0.4) is 0 Å². The third kappa shape index (κ3) is 3.04. The number of carbonyl (C=O) groups is 2. The first-order chi connectivity index (χ1) is 7.82. The van der Waals surface area contributed by atoms with Gasteiger partial charge in [-0.15, -0.1) is 0 Å². The third-order valence-electron chi connectivity index (χ3n) is 2.64. The Morgan fingerprint density at radius 2 is 1.82 bits per heavy atom. The van der Waals surface area contributed by atoms with E-state index in [1.165, 1.54) is 6.07 Å². The second-order valence-electron chi connectivity index (χ2n) is 4.03. The Hall–Kier alpha value is -1.88. The smallest absolute Gasteiger partial charge is 0.335 e. The number of hydrogen-bond donors (Lipinski definition) is 3. The second-order valence-corrected chi connectivity index (χ2v) is 4.03. The summed E-state index contributed by atoms with van der Waals surface area (Å²) in [5.74, 6) is -2.04. The molecular formula is C12H15NO4. The van der Waals surface area contributed by atoms with Gasteiger partial charge in [0, 0.05) is 6.04 Å². The van der Waals surface area contributed by atoms with Crippen molar-refractivity contribution in [3.05, 3.63) is 34.4 Å². The lowest BCUT2D eigenvalue weighted by molar-refractivity contribution is -0.137. The standard InChI is InChI=1S/C12H15NO4/c1-6-3-7(2)9(12(16)17)4-8(6)10(13)5-11(14)15/h3-4,10H,5,13H2,1-2H3,(H,14,15)(H,16,17). The lowest BCUT2D eigenvalue weighted by Gasteiger charge is -2.15. The van der Waals surface area contributed by atoms with Crippen LogP contribution >= 0.6 is 0 Å². The molecule has 0 aliphatic rings. The van der Waals surface area contributed by atoms with Crippen molar-refractivity contribution < 1.29 is 19.8 Å². The molecule has 0 amide bonds. The van der Waals surface area contributed by atoms with Crippen molar-refractivity contribution in [1.82, 2.24) is 0 Å². The summed E-state index contributed by atoms with van der Waals surface area (Å²) in [7, 11) is 0. The third-order valence-corrected chi connectivity index (χ3v) is 2.64. The quantitative estimate of drug-likeness (QED) is 0.736. The van der Waals surface area contributed by atoms with Crippen LogP contribution in [0.2, 0.25) is 0 Å². The number of aliphatic carboxylic acids is 1. The first-order valence-electron chi connectivity index (χ1n) is 5.14. The van der Waals surface area contributed by atoms with Crippen LogP contribution in [0.25, 0.3) is 0 Å². The fraction of sp³-hybridized carbons (Fsp3) is 0.333. The van der Waals surface area contributed by atoms with Crippen LogP contribution in [0, 0.1) is 13.8 Å². The molecule has 0 aliphatic carbocycles. The molecule has 17 heavy (non-hydrogen) atoms. The first-order valence-corrected chi connectivity index (χ1v) is 5.14. The molecule has 1 aromatic carbocycles. The van der Waals surface area contributed by atoms with E-state index in [9.17, 15) is 9.59 Å². The summed E-state index contributed by atoms with van der Waals surface area (Å²) >= 11 is 0. The zero-order chi connectivity index (χ0) is 13.2. The minimum atomic E-state index is -1.04. The van der Waals surface area contributed by atoms with Crippen molar-refractivity contribution in [2.75, 3.05) is 0 Å². The van der Waals surface area contributed by atoms with Gasteiger partial charge in [0.2, 0.25) is 0 Å². The van der Waals surface area contributed by atoms with E-state index in [1.807, 2.05) is 0 Å². The van der Waals surface area contributed by atoms with Crippen LogP contribution in [-0.2, 0) is 4.79 Å². The summed E-state index contributed by atoms with van der Waals surface area (Å²) < 4.78 is 0. The molecule has 92 valence electrons. The van der Waals surface area contributed by atoms with Gasteiger partial charge < -0.3 is 15.9 Å². The molecule has 5 heteroatoms. The number of rotatable bonds is 4. The number of nitrogens with two attached hydrogens (primary N) is 1. The molecular weight excluding hydrogens is 222 g/mol. The molecule has 0 heterocycles. The molecule has 0 saturated heterocycles. The maximum Gasteiger partial charge on any atom is 0.335 e. The van der Waals surface area contributed by atoms with Gasteiger partial charge in [0.1, 0.15) is 0 Å². The summed E-state index contributed by atoms with van der Waals surface area (Å²) in [4.78, 5) is 21.6. The van der Waals surface area contributed by atoms with E-state index in [0.29, 0.717) is 11.1 Å². The molecule has 0 fully saturated rings. The second kappa shape index (κ2) is 4.97. The minimum absolute atomic E-state index is 0.159. The largest absolute Gasteiger partial charge is 0.481 e. The van der Waals surface area contributed by atoms with E-state index in [4.69, 9.17) is 15.9 Å². The zero-order valence-corrected chi connectivity index (χ0v) is 9.73. The summed E-state index contributed by atoms with van der Waals surface area (Å²) in [5, 5.41) is 17.7. The molecule has 0 radical (unpaired) electrons. The van der Waals surface area contributed by atoms with Gasteiger partial charge in [-0.25, -0.2) is 4.79 Å². The van der Waals surface area contributed by atoms with Crippen molar-refractivity contribution in [2.45, 2.75) is 26.3 Å². The highest BCUT2D eigenvalue weighted by Crippen LogP contribution is 2.22. The SMILES string of the molecule is Cc1cc(C)c(C(N)CC(=O)O)cc1C(=O)O. The number of carboxylic acids is 2. The van der Waals surface area contributed by atoms with Gasteiger partial charge in [-0.2, -0.15) is 0 Å². The maximum atomic E-state index is 11.0. The molecule has 0 aromatic heterocycles. The Balaban J connectivity index is 3.19. The number of hydrogen-bond acceptors (Lipinski definition) is 3. The Morgan fingerprint density at radius 1 is 1.24 bits per heavy atom. The van der Waals surface area contributed by atoms with E-state index >= 15 is 0 Å². The summed E-state index contributed by atoms with van der Waals surface area (Å²) in [6.07, 6.45) is -0.219. The molecule has 0 saturated carbocycles.